The summed E-state index contributed by atoms with van der Waals surface area (Å²) in [5.74, 6) is 1.94. The van der Waals surface area contributed by atoms with Gasteiger partial charge < -0.3 is 10.6 Å². The molecule has 0 bridgehead atoms. The first-order valence-electron chi connectivity index (χ1n) is 6.80. The zero-order valence-corrected chi connectivity index (χ0v) is 10.3. The molecule has 0 aromatic carbocycles. The Kier molecular flexibility index (Phi) is 4.22. The van der Waals surface area contributed by atoms with Crippen LogP contribution in [0.3, 0.4) is 0 Å². The molecule has 2 aliphatic rings. The molecule has 0 radical (unpaired) electrons. The molecule has 0 aromatic heterocycles. The molecule has 2 unspecified atom stereocenters. The number of piperidine rings is 1. The van der Waals surface area contributed by atoms with E-state index in [2.05, 4.69) is 10.6 Å². The lowest BCUT2D eigenvalue weighted by atomic mass is 9.75. The molecule has 2 fully saturated rings. The topological polar surface area (TPSA) is 41.1 Å². The van der Waals surface area contributed by atoms with E-state index in [1.165, 1.54) is 32.1 Å². The second-order valence-electron chi connectivity index (χ2n) is 5.32. The Labute approximate surface area is 98.4 Å². The number of rotatable bonds is 4. The van der Waals surface area contributed by atoms with Crippen molar-refractivity contribution in [1.29, 1.82) is 0 Å². The molecule has 1 aliphatic heterocycles. The second-order valence-corrected chi connectivity index (χ2v) is 5.32. The summed E-state index contributed by atoms with van der Waals surface area (Å²) in [7, 11) is 0. The molecular formula is C13H24N2O. The summed E-state index contributed by atoms with van der Waals surface area (Å²) in [6.45, 7) is 3.73. The van der Waals surface area contributed by atoms with E-state index >= 15 is 0 Å². The number of nitrogens with one attached hydrogen (secondary N) is 2. The van der Waals surface area contributed by atoms with Gasteiger partial charge in [-0.2, -0.15) is 0 Å². The van der Waals surface area contributed by atoms with Crippen LogP contribution in [0.4, 0.5) is 0 Å². The van der Waals surface area contributed by atoms with Crippen molar-refractivity contribution in [3.8, 4) is 0 Å². The van der Waals surface area contributed by atoms with Gasteiger partial charge in [0.05, 0.1) is 6.04 Å². The van der Waals surface area contributed by atoms with Gasteiger partial charge in [-0.3, -0.25) is 4.79 Å². The summed E-state index contributed by atoms with van der Waals surface area (Å²) in [6.07, 6.45) is 7.94. The summed E-state index contributed by atoms with van der Waals surface area (Å²) in [5, 5.41) is 6.25. The van der Waals surface area contributed by atoms with Crippen LogP contribution in [0.2, 0.25) is 0 Å². The fourth-order valence-electron chi connectivity index (χ4n) is 2.91. The highest BCUT2D eigenvalue weighted by Crippen LogP contribution is 2.35. The Morgan fingerprint density at radius 1 is 1.31 bits per heavy atom. The summed E-state index contributed by atoms with van der Waals surface area (Å²) < 4.78 is 0. The van der Waals surface area contributed by atoms with Gasteiger partial charge in [0.1, 0.15) is 0 Å². The third-order valence-corrected chi connectivity index (χ3v) is 4.07. The second kappa shape index (κ2) is 5.67. The number of hydrogen-bond acceptors (Lipinski definition) is 2. The largest absolute Gasteiger partial charge is 0.355 e. The molecule has 1 aliphatic carbocycles. The van der Waals surface area contributed by atoms with Crippen molar-refractivity contribution in [3.05, 3.63) is 0 Å². The SMILES string of the molecule is CCNC(=O)C1CC(CC2CCC2)CCN1. The van der Waals surface area contributed by atoms with Crippen LogP contribution in [0.25, 0.3) is 0 Å². The highest BCUT2D eigenvalue weighted by atomic mass is 16.2. The van der Waals surface area contributed by atoms with Gasteiger partial charge in [-0.15, -0.1) is 0 Å². The predicted molar refractivity (Wildman–Crippen MR) is 65.2 cm³/mol. The predicted octanol–water partition coefficient (Wildman–Crippen LogP) is 1.68. The van der Waals surface area contributed by atoms with Crippen LogP contribution in [0.1, 0.15) is 45.4 Å². The van der Waals surface area contributed by atoms with Crippen LogP contribution in [0.5, 0.6) is 0 Å². The van der Waals surface area contributed by atoms with Crippen LogP contribution < -0.4 is 10.6 Å². The quantitative estimate of drug-likeness (QED) is 0.763. The van der Waals surface area contributed by atoms with E-state index in [-0.39, 0.29) is 11.9 Å². The van der Waals surface area contributed by atoms with Gasteiger partial charge in [0.2, 0.25) is 5.91 Å². The van der Waals surface area contributed by atoms with Crippen molar-refractivity contribution >= 4 is 5.91 Å². The first-order valence-corrected chi connectivity index (χ1v) is 6.80. The number of likely N-dealkylation sites (N-methyl/N-ethyl adjacent to an activating group) is 1. The Hall–Kier alpha value is -0.570. The van der Waals surface area contributed by atoms with Gasteiger partial charge in [0.25, 0.3) is 0 Å². The Morgan fingerprint density at radius 3 is 2.75 bits per heavy atom. The van der Waals surface area contributed by atoms with Crippen LogP contribution in [0, 0.1) is 11.8 Å². The van der Waals surface area contributed by atoms with Crippen molar-refractivity contribution in [1.82, 2.24) is 10.6 Å². The highest BCUT2D eigenvalue weighted by Gasteiger charge is 2.29. The van der Waals surface area contributed by atoms with Gasteiger partial charge in [-0.1, -0.05) is 19.3 Å². The first-order chi connectivity index (χ1) is 7.79. The Bertz CT molecular complexity index is 238. The van der Waals surface area contributed by atoms with Gasteiger partial charge >= 0.3 is 0 Å². The molecule has 3 nitrogen and oxygen atoms in total. The summed E-state index contributed by atoms with van der Waals surface area (Å²) in [6, 6.07) is 0.0683. The van der Waals surface area contributed by atoms with E-state index in [9.17, 15) is 4.79 Å². The van der Waals surface area contributed by atoms with Gasteiger partial charge in [-0.05, 0) is 44.6 Å². The average molecular weight is 224 g/mol. The van der Waals surface area contributed by atoms with Crippen LogP contribution in [-0.2, 0) is 4.79 Å². The molecule has 1 saturated carbocycles. The smallest absolute Gasteiger partial charge is 0.237 e. The monoisotopic (exact) mass is 224 g/mol. The molecule has 2 N–H and O–H groups in total. The molecule has 16 heavy (non-hydrogen) atoms. The molecule has 0 spiro atoms. The van der Waals surface area contributed by atoms with E-state index in [0.717, 1.165) is 31.3 Å². The zero-order chi connectivity index (χ0) is 11.4. The standard InChI is InChI=1S/C13H24N2O/c1-2-14-13(16)12-9-11(6-7-15-12)8-10-4-3-5-10/h10-12,15H,2-9H2,1H3,(H,14,16). The molecular weight excluding hydrogens is 200 g/mol. The van der Waals surface area contributed by atoms with Crippen molar-refractivity contribution in [2.75, 3.05) is 13.1 Å². The maximum absolute atomic E-state index is 11.7. The van der Waals surface area contributed by atoms with E-state index in [1.54, 1.807) is 0 Å². The lowest BCUT2D eigenvalue weighted by Gasteiger charge is -2.34. The van der Waals surface area contributed by atoms with Crippen LogP contribution in [-0.4, -0.2) is 25.0 Å². The van der Waals surface area contributed by atoms with Crippen molar-refractivity contribution in [2.45, 2.75) is 51.5 Å². The molecule has 1 amide bonds. The van der Waals surface area contributed by atoms with E-state index in [1.807, 2.05) is 6.92 Å². The molecule has 0 aromatic rings. The maximum atomic E-state index is 11.7. The molecule has 1 saturated heterocycles. The first kappa shape index (κ1) is 11.9. The molecule has 1 heterocycles. The van der Waals surface area contributed by atoms with E-state index in [0.29, 0.717) is 0 Å². The molecule has 3 heteroatoms. The third-order valence-electron chi connectivity index (χ3n) is 4.07. The van der Waals surface area contributed by atoms with Crippen molar-refractivity contribution < 1.29 is 4.79 Å². The van der Waals surface area contributed by atoms with Gasteiger partial charge in [-0.25, -0.2) is 0 Å². The minimum atomic E-state index is 0.0683. The summed E-state index contributed by atoms with van der Waals surface area (Å²) in [5.41, 5.74) is 0. The van der Waals surface area contributed by atoms with Crippen molar-refractivity contribution in [3.63, 3.8) is 0 Å². The highest BCUT2D eigenvalue weighted by molar-refractivity contribution is 5.81. The molecule has 92 valence electrons. The lowest BCUT2D eigenvalue weighted by Crippen LogP contribution is -2.49. The lowest BCUT2D eigenvalue weighted by molar-refractivity contribution is -0.124. The van der Waals surface area contributed by atoms with Gasteiger partial charge in [0, 0.05) is 6.54 Å². The molecule has 2 rings (SSSR count). The van der Waals surface area contributed by atoms with E-state index in [4.69, 9.17) is 0 Å². The minimum absolute atomic E-state index is 0.0683. The normalized spacial score (nSPS) is 30.8. The number of amides is 1. The average Bonchev–Trinajstić information content (AvgIpc) is 2.24. The van der Waals surface area contributed by atoms with Crippen molar-refractivity contribution in [2.24, 2.45) is 11.8 Å². The number of carbonyl (C=O) groups excluding carboxylic acids is 1. The number of hydrogen-bond donors (Lipinski definition) is 2. The number of carbonyl (C=O) groups is 1. The Balaban J connectivity index is 1.76. The minimum Gasteiger partial charge on any atom is -0.355 e. The van der Waals surface area contributed by atoms with E-state index < -0.39 is 0 Å². The van der Waals surface area contributed by atoms with Crippen LogP contribution >= 0.6 is 0 Å². The maximum Gasteiger partial charge on any atom is 0.237 e. The van der Waals surface area contributed by atoms with Crippen LogP contribution in [0.15, 0.2) is 0 Å². The molecule has 2 atom stereocenters. The fraction of sp³-hybridized carbons (Fsp3) is 0.923. The zero-order valence-electron chi connectivity index (χ0n) is 10.3. The fourth-order valence-corrected chi connectivity index (χ4v) is 2.91. The summed E-state index contributed by atoms with van der Waals surface area (Å²) in [4.78, 5) is 11.7. The summed E-state index contributed by atoms with van der Waals surface area (Å²) >= 11 is 0. The third kappa shape index (κ3) is 2.97. The van der Waals surface area contributed by atoms with Gasteiger partial charge in [0.15, 0.2) is 0 Å². The Morgan fingerprint density at radius 2 is 2.12 bits per heavy atom.